The number of pyridine rings is 1. The molecule has 0 radical (unpaired) electrons. The Kier molecular flexibility index (Phi) is 7.81. The number of carboxylic acid groups (broad SMARTS) is 1. The van der Waals surface area contributed by atoms with E-state index in [1.807, 2.05) is 42.2 Å². The van der Waals surface area contributed by atoms with Gasteiger partial charge in [0.1, 0.15) is 11.4 Å². The van der Waals surface area contributed by atoms with Crippen LogP contribution in [0, 0.1) is 19.8 Å². The molecule has 2 aliphatic rings. The molecule has 2 aliphatic heterocycles. The molecule has 2 saturated heterocycles. The van der Waals surface area contributed by atoms with E-state index in [1.54, 1.807) is 12.4 Å². The van der Waals surface area contributed by atoms with Crippen molar-refractivity contribution in [2.75, 3.05) is 26.3 Å². The Balaban J connectivity index is 0.000000406. The van der Waals surface area contributed by atoms with E-state index in [0.29, 0.717) is 25.6 Å². The summed E-state index contributed by atoms with van der Waals surface area (Å²) in [7, 11) is 0. The first kappa shape index (κ1) is 25.5. The van der Waals surface area contributed by atoms with Crippen LogP contribution in [0.1, 0.15) is 34.3 Å². The van der Waals surface area contributed by atoms with Crippen molar-refractivity contribution in [1.82, 2.24) is 9.88 Å². The predicted octanol–water partition coefficient (Wildman–Crippen LogP) is 4.03. The first-order valence-electron chi connectivity index (χ1n) is 10.9. The van der Waals surface area contributed by atoms with Crippen LogP contribution in [0.3, 0.4) is 0 Å². The normalized spacial score (nSPS) is 18.6. The Morgan fingerprint density at radius 2 is 1.94 bits per heavy atom. The smallest absolute Gasteiger partial charge is 0.490 e. The molecule has 1 N–H and O–H groups in total. The molecule has 3 heterocycles. The minimum atomic E-state index is -5.08. The fourth-order valence-electron chi connectivity index (χ4n) is 4.09. The molecule has 4 rings (SSSR count). The zero-order valence-electron chi connectivity index (χ0n) is 19.0. The van der Waals surface area contributed by atoms with Crippen LogP contribution in [0.25, 0.3) is 0 Å². The molecular formula is C24H27F3N2O5. The Hall–Kier alpha value is -3.14. The summed E-state index contributed by atoms with van der Waals surface area (Å²) < 4.78 is 43.6. The molecular weight excluding hydrogens is 453 g/mol. The Labute approximate surface area is 195 Å². The number of aryl methyl sites for hydroxylation is 2. The number of ether oxygens (including phenoxy) is 2. The van der Waals surface area contributed by atoms with E-state index in [4.69, 9.17) is 19.4 Å². The molecule has 0 bridgehead atoms. The van der Waals surface area contributed by atoms with Crippen molar-refractivity contribution >= 4 is 11.9 Å². The monoisotopic (exact) mass is 480 g/mol. The first-order valence-corrected chi connectivity index (χ1v) is 10.9. The molecule has 2 fully saturated rings. The van der Waals surface area contributed by atoms with Gasteiger partial charge in [0.15, 0.2) is 0 Å². The van der Waals surface area contributed by atoms with Gasteiger partial charge in [-0.25, -0.2) is 4.79 Å². The fourth-order valence-corrected chi connectivity index (χ4v) is 4.09. The van der Waals surface area contributed by atoms with Gasteiger partial charge < -0.3 is 19.5 Å². The number of nitrogens with zero attached hydrogens (tertiary/aromatic N) is 2. The summed E-state index contributed by atoms with van der Waals surface area (Å²) in [6.45, 7) is 6.87. The maximum Gasteiger partial charge on any atom is 0.490 e. The van der Waals surface area contributed by atoms with E-state index in [2.05, 4.69) is 11.9 Å². The maximum absolute atomic E-state index is 12.8. The summed E-state index contributed by atoms with van der Waals surface area (Å²) in [6, 6.07) is 9.71. The summed E-state index contributed by atoms with van der Waals surface area (Å²) in [5, 5.41) is 7.12. The Morgan fingerprint density at radius 3 is 2.53 bits per heavy atom. The minimum Gasteiger partial charge on any atom is -0.492 e. The lowest BCUT2D eigenvalue weighted by atomic mass is 9.79. The zero-order valence-corrected chi connectivity index (χ0v) is 19.0. The third-order valence-corrected chi connectivity index (χ3v) is 6.17. The number of likely N-dealkylation sites (tertiary alicyclic amines) is 1. The SMILES string of the molecule is Cc1ccc(C(=O)N2CC3(C2)OCCC3CCOc2cccnc2)cc1C.O=C(O)C(F)(F)F. The van der Waals surface area contributed by atoms with Crippen LogP contribution in [0.2, 0.25) is 0 Å². The lowest BCUT2D eigenvalue weighted by molar-refractivity contribution is -0.192. The van der Waals surface area contributed by atoms with E-state index in [-0.39, 0.29) is 11.5 Å². The summed E-state index contributed by atoms with van der Waals surface area (Å²) >= 11 is 0. The van der Waals surface area contributed by atoms with Gasteiger partial charge in [0.2, 0.25) is 0 Å². The number of alkyl halides is 3. The second-order valence-electron chi connectivity index (χ2n) is 8.49. The van der Waals surface area contributed by atoms with Crippen LogP contribution in [0.15, 0.2) is 42.7 Å². The summed E-state index contributed by atoms with van der Waals surface area (Å²) in [5.41, 5.74) is 2.94. The quantitative estimate of drug-likeness (QED) is 0.695. The van der Waals surface area contributed by atoms with Gasteiger partial charge in [0, 0.05) is 18.4 Å². The molecule has 0 saturated carbocycles. The van der Waals surface area contributed by atoms with Crippen molar-refractivity contribution in [1.29, 1.82) is 0 Å². The molecule has 1 amide bonds. The number of hydrogen-bond acceptors (Lipinski definition) is 5. The molecule has 1 unspecified atom stereocenters. The van der Waals surface area contributed by atoms with Crippen LogP contribution >= 0.6 is 0 Å². The number of aromatic nitrogens is 1. The standard InChI is InChI=1S/C22H26N2O3.C2HF3O2/c1-16-5-6-18(12-17(16)2)21(25)24-14-22(15-24)19(8-11-27-22)7-10-26-20-4-3-9-23-13-20;3-2(4,5)1(6)7/h3-6,9,12-13,19H,7-8,10-11,14-15H2,1-2H3;(H,6,7). The van der Waals surface area contributed by atoms with E-state index in [0.717, 1.165) is 36.3 Å². The number of carbonyl (C=O) groups excluding carboxylic acids is 1. The lowest BCUT2D eigenvalue weighted by Gasteiger charge is -2.50. The molecule has 1 spiro atoms. The van der Waals surface area contributed by atoms with Gasteiger partial charge in [-0.1, -0.05) is 6.07 Å². The average molecular weight is 480 g/mol. The summed E-state index contributed by atoms with van der Waals surface area (Å²) in [4.78, 5) is 27.6. The van der Waals surface area contributed by atoms with Gasteiger partial charge in [-0.05, 0) is 68.0 Å². The van der Waals surface area contributed by atoms with Crippen LogP contribution in [-0.4, -0.2) is 64.9 Å². The zero-order chi connectivity index (χ0) is 24.9. The highest BCUT2D eigenvalue weighted by Crippen LogP contribution is 2.42. The molecule has 1 aromatic carbocycles. The van der Waals surface area contributed by atoms with E-state index in [1.165, 1.54) is 5.56 Å². The van der Waals surface area contributed by atoms with Crippen LogP contribution in [0.4, 0.5) is 13.2 Å². The first-order chi connectivity index (χ1) is 16.0. The molecule has 34 heavy (non-hydrogen) atoms. The molecule has 1 atom stereocenters. The van der Waals surface area contributed by atoms with Crippen molar-refractivity contribution in [3.8, 4) is 5.75 Å². The number of rotatable bonds is 5. The maximum atomic E-state index is 12.8. The van der Waals surface area contributed by atoms with Gasteiger partial charge >= 0.3 is 12.1 Å². The Bertz CT molecular complexity index is 1010. The predicted molar refractivity (Wildman–Crippen MR) is 117 cm³/mol. The molecule has 7 nitrogen and oxygen atoms in total. The lowest BCUT2D eigenvalue weighted by Crippen LogP contribution is -2.66. The van der Waals surface area contributed by atoms with Gasteiger partial charge in [0.25, 0.3) is 5.91 Å². The third kappa shape index (κ3) is 6.05. The average Bonchev–Trinajstić information content (AvgIpc) is 3.19. The molecule has 184 valence electrons. The minimum absolute atomic E-state index is 0.101. The van der Waals surface area contributed by atoms with Crippen molar-refractivity contribution < 1.29 is 37.3 Å². The van der Waals surface area contributed by atoms with E-state index >= 15 is 0 Å². The number of aliphatic carboxylic acids is 1. The second-order valence-corrected chi connectivity index (χ2v) is 8.49. The fraction of sp³-hybridized carbons (Fsp3) is 0.458. The number of hydrogen-bond donors (Lipinski definition) is 1. The number of amides is 1. The van der Waals surface area contributed by atoms with Crippen LogP contribution in [0.5, 0.6) is 5.75 Å². The second kappa shape index (κ2) is 10.4. The van der Waals surface area contributed by atoms with Crippen LogP contribution < -0.4 is 4.74 Å². The molecule has 1 aromatic heterocycles. The highest BCUT2D eigenvalue weighted by Gasteiger charge is 2.54. The van der Waals surface area contributed by atoms with Crippen molar-refractivity contribution in [3.05, 3.63) is 59.4 Å². The summed E-state index contributed by atoms with van der Waals surface area (Å²) in [5.74, 6) is -1.43. The molecule has 2 aromatic rings. The molecule has 0 aliphatic carbocycles. The van der Waals surface area contributed by atoms with Crippen molar-refractivity contribution in [2.45, 2.75) is 38.5 Å². The summed E-state index contributed by atoms with van der Waals surface area (Å²) in [6.07, 6.45) is 0.346. The number of halogens is 3. The number of carboxylic acids is 1. The van der Waals surface area contributed by atoms with E-state index < -0.39 is 12.1 Å². The highest BCUT2D eigenvalue weighted by molar-refractivity contribution is 5.95. The number of benzene rings is 1. The van der Waals surface area contributed by atoms with Gasteiger partial charge in [-0.3, -0.25) is 9.78 Å². The van der Waals surface area contributed by atoms with E-state index in [9.17, 15) is 18.0 Å². The third-order valence-electron chi connectivity index (χ3n) is 6.17. The van der Waals surface area contributed by atoms with Gasteiger partial charge in [-0.2, -0.15) is 13.2 Å². The van der Waals surface area contributed by atoms with Crippen molar-refractivity contribution in [2.24, 2.45) is 5.92 Å². The highest BCUT2D eigenvalue weighted by atomic mass is 19.4. The molecule has 10 heteroatoms. The number of carbonyl (C=O) groups is 2. The van der Waals surface area contributed by atoms with Crippen LogP contribution in [-0.2, 0) is 9.53 Å². The van der Waals surface area contributed by atoms with Crippen molar-refractivity contribution in [3.63, 3.8) is 0 Å². The largest absolute Gasteiger partial charge is 0.492 e. The Morgan fingerprint density at radius 1 is 1.24 bits per heavy atom. The topological polar surface area (TPSA) is 89.0 Å². The van der Waals surface area contributed by atoms with Gasteiger partial charge in [0.05, 0.1) is 25.9 Å². The van der Waals surface area contributed by atoms with Gasteiger partial charge in [-0.15, -0.1) is 0 Å².